The van der Waals surface area contributed by atoms with Crippen LogP contribution in [0.15, 0.2) is 97.1 Å². The van der Waals surface area contributed by atoms with Crippen LogP contribution in [0, 0.1) is 0 Å². The van der Waals surface area contributed by atoms with Crippen molar-refractivity contribution in [1.29, 1.82) is 0 Å². The van der Waals surface area contributed by atoms with Crippen LogP contribution in [-0.2, 0) is 27.5 Å². The zero-order chi connectivity index (χ0) is 32.1. The minimum atomic E-state index is -1.04. The Bertz CT molecular complexity index is 1680. The normalized spacial score (nSPS) is 17.4. The van der Waals surface area contributed by atoms with Gasteiger partial charge in [-0.15, -0.1) is 0 Å². The van der Waals surface area contributed by atoms with Crippen molar-refractivity contribution in [3.05, 3.63) is 140 Å². The van der Waals surface area contributed by atoms with Crippen molar-refractivity contribution in [3.8, 4) is 0 Å². The van der Waals surface area contributed by atoms with Gasteiger partial charge in [-0.1, -0.05) is 102 Å². The van der Waals surface area contributed by atoms with Crippen molar-refractivity contribution >= 4 is 40.8 Å². The molecule has 232 valence electrons. The summed E-state index contributed by atoms with van der Waals surface area (Å²) in [6, 6.07) is 26.2. The number of aliphatic hydroxyl groups is 2. The maximum atomic E-state index is 14.2. The molecular formula is C35H32Cl2N2O6. The maximum absolute atomic E-state index is 14.2. The molecule has 0 saturated heterocycles. The second-order valence-corrected chi connectivity index (χ2v) is 11.7. The van der Waals surface area contributed by atoms with Crippen LogP contribution in [0.25, 0.3) is 0 Å². The number of carbonyl (C=O) groups excluding carboxylic acids is 3. The number of amides is 2. The number of nitrogens with zero attached hydrogens (tertiary/aromatic N) is 1. The highest BCUT2D eigenvalue weighted by Crippen LogP contribution is 2.48. The highest BCUT2D eigenvalue weighted by atomic mass is 35.5. The number of halogens is 2. The fourth-order valence-corrected chi connectivity index (χ4v) is 6.16. The number of aliphatic hydroxyl groups excluding tert-OH is 2. The van der Waals surface area contributed by atoms with Crippen molar-refractivity contribution in [3.63, 3.8) is 0 Å². The van der Waals surface area contributed by atoms with Crippen LogP contribution in [-0.4, -0.2) is 45.4 Å². The van der Waals surface area contributed by atoms with E-state index >= 15 is 0 Å². The number of fused-ring (bicyclic) bond motifs is 1. The lowest BCUT2D eigenvalue weighted by molar-refractivity contribution is -0.138. The summed E-state index contributed by atoms with van der Waals surface area (Å²) in [6.07, 6.45) is -0.926. The molecule has 1 unspecified atom stereocenters. The number of rotatable bonds is 11. The summed E-state index contributed by atoms with van der Waals surface area (Å²) in [4.78, 5) is 47.3. The van der Waals surface area contributed by atoms with Gasteiger partial charge in [0.2, 0.25) is 0 Å². The Morgan fingerprint density at radius 1 is 0.911 bits per heavy atom. The van der Waals surface area contributed by atoms with Gasteiger partial charge in [-0.05, 0) is 52.9 Å². The van der Waals surface area contributed by atoms with E-state index in [0.29, 0.717) is 27.3 Å². The predicted octanol–water partition coefficient (Wildman–Crippen LogP) is 5.75. The Morgan fingerprint density at radius 3 is 2.24 bits per heavy atom. The molecule has 2 amide bonds. The summed E-state index contributed by atoms with van der Waals surface area (Å²) < 4.78 is 0. The topological polar surface area (TPSA) is 116 Å². The zero-order valence-electron chi connectivity index (χ0n) is 24.4. The minimum Gasteiger partial charge on any atom is -0.394 e. The van der Waals surface area contributed by atoms with Gasteiger partial charge in [-0.3, -0.25) is 19.2 Å². The smallest absolute Gasteiger partial charge is 0.255 e. The second-order valence-electron chi connectivity index (χ2n) is 10.9. The Kier molecular flexibility index (Phi) is 10.3. The quantitative estimate of drug-likeness (QED) is 0.179. The van der Waals surface area contributed by atoms with Crippen molar-refractivity contribution in [1.82, 2.24) is 10.4 Å². The molecule has 0 fully saturated rings. The van der Waals surface area contributed by atoms with Crippen LogP contribution in [0.4, 0.5) is 0 Å². The average Bonchev–Trinajstić information content (AvgIpc) is 3.03. The highest BCUT2D eigenvalue weighted by Gasteiger charge is 2.47. The van der Waals surface area contributed by atoms with E-state index in [1.165, 1.54) is 11.8 Å². The van der Waals surface area contributed by atoms with E-state index in [1.54, 1.807) is 66.7 Å². The van der Waals surface area contributed by atoms with Crippen LogP contribution in [0.3, 0.4) is 0 Å². The van der Waals surface area contributed by atoms with E-state index < -0.39 is 36.6 Å². The second kappa shape index (κ2) is 14.4. The molecule has 5 rings (SSSR count). The lowest BCUT2D eigenvalue weighted by Crippen LogP contribution is -2.49. The highest BCUT2D eigenvalue weighted by molar-refractivity contribution is 6.35. The molecule has 8 nitrogen and oxygen atoms in total. The first kappa shape index (κ1) is 32.3. The van der Waals surface area contributed by atoms with Crippen molar-refractivity contribution < 1.29 is 29.4 Å². The van der Waals surface area contributed by atoms with Gasteiger partial charge in [0.1, 0.15) is 6.10 Å². The summed E-state index contributed by atoms with van der Waals surface area (Å²) in [7, 11) is 0. The van der Waals surface area contributed by atoms with E-state index in [4.69, 9.17) is 28.0 Å². The van der Waals surface area contributed by atoms with Crippen LogP contribution in [0.2, 0.25) is 10.0 Å². The molecule has 1 aliphatic heterocycles. The molecule has 10 heteroatoms. The minimum absolute atomic E-state index is 0.0308. The zero-order valence-corrected chi connectivity index (χ0v) is 25.9. The number of Topliss-reactive ketones (excluding diaryl/α,β-unsaturated/α-hetero) is 1. The summed E-state index contributed by atoms with van der Waals surface area (Å²) in [5.41, 5.74) is 6.06. The average molecular weight is 648 g/mol. The third-order valence-corrected chi connectivity index (χ3v) is 8.47. The predicted molar refractivity (Wildman–Crippen MR) is 171 cm³/mol. The number of hydrogen-bond donors (Lipinski definition) is 3. The molecule has 0 saturated carbocycles. The molecule has 0 spiro atoms. The van der Waals surface area contributed by atoms with E-state index in [0.717, 1.165) is 11.1 Å². The Balaban J connectivity index is 1.48. The Hall–Kier alpha value is -4.05. The fourth-order valence-electron chi connectivity index (χ4n) is 5.64. The molecule has 0 aliphatic carbocycles. The molecule has 1 heterocycles. The molecule has 3 N–H and O–H groups in total. The number of hydrogen-bond acceptors (Lipinski definition) is 6. The number of nitrogens with one attached hydrogen (secondary N) is 1. The van der Waals surface area contributed by atoms with Crippen molar-refractivity contribution in [2.24, 2.45) is 0 Å². The number of benzene rings is 4. The van der Waals surface area contributed by atoms with E-state index in [9.17, 15) is 24.6 Å². The largest absolute Gasteiger partial charge is 0.394 e. The van der Waals surface area contributed by atoms with Crippen LogP contribution < -0.4 is 5.48 Å². The molecule has 0 aromatic heterocycles. The first-order valence-electron chi connectivity index (χ1n) is 14.4. The summed E-state index contributed by atoms with van der Waals surface area (Å²) in [5, 5.41) is 20.8. The van der Waals surface area contributed by atoms with Crippen LogP contribution >= 0.6 is 23.2 Å². The molecule has 0 bridgehead atoms. The first-order chi connectivity index (χ1) is 21.7. The monoisotopic (exact) mass is 646 g/mol. The number of ketones is 1. The first-order valence-corrected chi connectivity index (χ1v) is 15.2. The van der Waals surface area contributed by atoms with Gasteiger partial charge in [0.25, 0.3) is 11.8 Å². The molecule has 0 radical (unpaired) electrons. The van der Waals surface area contributed by atoms with Gasteiger partial charge in [-0.25, -0.2) is 5.48 Å². The van der Waals surface area contributed by atoms with Gasteiger partial charge >= 0.3 is 0 Å². The molecule has 45 heavy (non-hydrogen) atoms. The third-order valence-electron chi connectivity index (χ3n) is 7.91. The summed E-state index contributed by atoms with van der Waals surface area (Å²) in [5.74, 6) is -2.12. The van der Waals surface area contributed by atoms with E-state index in [-0.39, 0.29) is 29.7 Å². The molecule has 4 aromatic rings. The van der Waals surface area contributed by atoms with Crippen LogP contribution in [0.5, 0.6) is 0 Å². The summed E-state index contributed by atoms with van der Waals surface area (Å²) >= 11 is 13.0. The van der Waals surface area contributed by atoms with Crippen molar-refractivity contribution in [2.75, 3.05) is 6.61 Å². The van der Waals surface area contributed by atoms with Crippen LogP contribution in [0.1, 0.15) is 63.1 Å². The lowest BCUT2D eigenvalue weighted by atomic mass is 9.78. The van der Waals surface area contributed by atoms with E-state index in [2.05, 4.69) is 5.48 Å². The standard InChI is InChI=1S/C35H32Cl2N2O6/c1-21(41)31(42)17-22-11-13-23(14-12-22)20-45-38-34(43)32-26-9-5-6-10-27(26)35(44)39(30(19-40)24-7-3-2-4-8-24)33(32)28-16-15-25(36)18-29(28)37/h2-16,18,21,30,32-33,40-41H,17,19-20H2,1H3,(H,38,43)/t21?,30-,32-,33+/m1/s1. The Labute approximate surface area is 271 Å². The van der Waals surface area contributed by atoms with Gasteiger partial charge in [-0.2, -0.15) is 0 Å². The van der Waals surface area contributed by atoms with Gasteiger partial charge in [0.15, 0.2) is 5.78 Å². The van der Waals surface area contributed by atoms with Gasteiger partial charge < -0.3 is 15.1 Å². The lowest BCUT2D eigenvalue weighted by Gasteiger charge is -2.45. The fraction of sp³-hybridized carbons (Fsp3) is 0.229. The molecule has 4 aromatic carbocycles. The SMILES string of the molecule is CC(O)C(=O)Cc1ccc(CONC(=O)[C@@H]2c3ccccc3C(=O)N([C@H](CO)c3ccccc3)[C@H]2c2ccc(Cl)cc2Cl)cc1. The molecule has 1 aliphatic rings. The Morgan fingerprint density at radius 2 is 1.58 bits per heavy atom. The van der Waals surface area contributed by atoms with Crippen molar-refractivity contribution in [2.45, 2.75) is 44.1 Å². The van der Waals surface area contributed by atoms with E-state index in [1.807, 2.05) is 30.3 Å². The third kappa shape index (κ3) is 7.11. The summed E-state index contributed by atoms with van der Waals surface area (Å²) in [6.45, 7) is 1.07. The molecular weight excluding hydrogens is 615 g/mol. The van der Waals surface area contributed by atoms with Gasteiger partial charge in [0, 0.05) is 22.0 Å². The number of hydroxylamine groups is 1. The van der Waals surface area contributed by atoms with Gasteiger partial charge in [0.05, 0.1) is 31.2 Å². The maximum Gasteiger partial charge on any atom is 0.255 e. The number of carbonyl (C=O) groups is 3. The molecule has 4 atom stereocenters.